The molecule has 0 amide bonds. The molecule has 0 unspecified atom stereocenters. The van der Waals surface area contributed by atoms with Crippen molar-refractivity contribution in [2.45, 2.75) is 13.8 Å². The summed E-state index contributed by atoms with van der Waals surface area (Å²) >= 11 is 5.89. The fourth-order valence-corrected chi connectivity index (χ4v) is 2.45. The highest BCUT2D eigenvalue weighted by Gasteiger charge is 2.23. The van der Waals surface area contributed by atoms with Crippen molar-refractivity contribution in [3.63, 3.8) is 0 Å². The molecule has 2 aromatic carbocycles. The van der Waals surface area contributed by atoms with Crippen LogP contribution >= 0.6 is 11.6 Å². The number of oxime groups is 1. The second-order valence-electron chi connectivity index (χ2n) is 5.70. The Kier molecular flexibility index (Phi) is 5.04. The molecule has 26 heavy (non-hydrogen) atoms. The minimum atomic E-state index is -0.705. The first-order valence-electron chi connectivity index (χ1n) is 7.80. The quantitative estimate of drug-likeness (QED) is 0.323. The number of amidine groups is 1. The molecule has 132 valence electrons. The van der Waals surface area contributed by atoms with Crippen molar-refractivity contribution in [3.05, 3.63) is 75.9 Å². The van der Waals surface area contributed by atoms with E-state index in [-0.39, 0.29) is 17.2 Å². The van der Waals surface area contributed by atoms with Crippen LogP contribution in [0.2, 0.25) is 5.02 Å². The molecule has 0 fully saturated rings. The summed E-state index contributed by atoms with van der Waals surface area (Å²) in [5.74, 6) is -0.322. The zero-order valence-corrected chi connectivity index (χ0v) is 14.9. The van der Waals surface area contributed by atoms with Gasteiger partial charge in [0.1, 0.15) is 5.56 Å². The summed E-state index contributed by atoms with van der Waals surface area (Å²) in [5, 5.41) is 8.14. The molecule has 0 spiro atoms. The Morgan fingerprint density at radius 3 is 2.42 bits per heavy atom. The Morgan fingerprint density at radius 1 is 1.12 bits per heavy atom. The average molecular weight is 370 g/mol. The SMILES string of the molecule is Cc1ccc(/C(N)=N/OC(=O)c2c(C)noc2-c2ccc(Cl)cc2)cc1. The van der Waals surface area contributed by atoms with Crippen LogP contribution in [-0.4, -0.2) is 17.0 Å². The number of aromatic nitrogens is 1. The smallest absolute Gasteiger partial charge is 0.371 e. The zero-order valence-electron chi connectivity index (χ0n) is 14.2. The van der Waals surface area contributed by atoms with Gasteiger partial charge < -0.3 is 15.1 Å². The lowest BCUT2D eigenvalue weighted by molar-refractivity contribution is 0.0515. The summed E-state index contributed by atoms with van der Waals surface area (Å²) < 4.78 is 5.27. The number of halogens is 1. The number of benzene rings is 2. The maximum atomic E-state index is 12.5. The van der Waals surface area contributed by atoms with Gasteiger partial charge in [-0.05, 0) is 38.1 Å². The summed E-state index contributed by atoms with van der Waals surface area (Å²) in [7, 11) is 0. The van der Waals surface area contributed by atoms with Crippen molar-refractivity contribution in [1.29, 1.82) is 0 Å². The van der Waals surface area contributed by atoms with Crippen LogP contribution in [0.3, 0.4) is 0 Å². The number of aryl methyl sites for hydroxylation is 2. The first kappa shape index (κ1) is 17.7. The number of hydrogen-bond acceptors (Lipinski definition) is 5. The topological polar surface area (TPSA) is 90.7 Å². The minimum Gasteiger partial charge on any atom is -0.380 e. The summed E-state index contributed by atoms with van der Waals surface area (Å²) in [6.45, 7) is 3.61. The normalized spacial score (nSPS) is 11.4. The van der Waals surface area contributed by atoms with E-state index in [2.05, 4.69) is 10.3 Å². The molecule has 0 aliphatic rings. The fraction of sp³-hybridized carbons (Fsp3) is 0.105. The Balaban J connectivity index is 1.84. The van der Waals surface area contributed by atoms with Crippen LogP contribution in [0.25, 0.3) is 11.3 Å². The van der Waals surface area contributed by atoms with Crippen molar-refractivity contribution in [2.75, 3.05) is 0 Å². The highest BCUT2D eigenvalue weighted by Crippen LogP contribution is 2.28. The van der Waals surface area contributed by atoms with Gasteiger partial charge in [0.25, 0.3) is 0 Å². The van der Waals surface area contributed by atoms with E-state index in [1.807, 2.05) is 19.1 Å². The standard InChI is InChI=1S/C19H16ClN3O3/c1-11-3-5-14(6-4-11)18(21)23-26-19(24)16-12(2)22-25-17(16)13-7-9-15(20)10-8-13/h3-10H,1-2H3,(H2,21,23). The largest absolute Gasteiger partial charge is 0.380 e. The summed E-state index contributed by atoms with van der Waals surface area (Å²) in [5.41, 5.74) is 8.85. The summed E-state index contributed by atoms with van der Waals surface area (Å²) in [6.07, 6.45) is 0. The molecule has 0 saturated heterocycles. The van der Waals surface area contributed by atoms with Crippen molar-refractivity contribution >= 4 is 23.4 Å². The lowest BCUT2D eigenvalue weighted by atomic mass is 10.1. The van der Waals surface area contributed by atoms with Crippen molar-refractivity contribution in [1.82, 2.24) is 5.16 Å². The molecule has 0 saturated carbocycles. The third-order valence-corrected chi connectivity index (χ3v) is 4.00. The van der Waals surface area contributed by atoms with E-state index >= 15 is 0 Å². The van der Waals surface area contributed by atoms with Crippen LogP contribution in [0.4, 0.5) is 0 Å². The van der Waals surface area contributed by atoms with Crippen molar-refractivity contribution < 1.29 is 14.2 Å². The monoisotopic (exact) mass is 369 g/mol. The van der Waals surface area contributed by atoms with Gasteiger partial charge in [-0.3, -0.25) is 0 Å². The summed E-state index contributed by atoms with van der Waals surface area (Å²) in [4.78, 5) is 17.5. The Hall–Kier alpha value is -3.12. The Labute approximate surface area is 155 Å². The number of nitrogens with two attached hydrogens (primary N) is 1. The van der Waals surface area contributed by atoms with Crippen LogP contribution in [-0.2, 0) is 4.84 Å². The molecule has 7 heteroatoms. The third-order valence-electron chi connectivity index (χ3n) is 3.75. The first-order valence-corrected chi connectivity index (χ1v) is 8.17. The first-order chi connectivity index (χ1) is 12.5. The minimum absolute atomic E-state index is 0.0977. The second kappa shape index (κ2) is 7.41. The lowest BCUT2D eigenvalue weighted by Crippen LogP contribution is -2.15. The van der Waals surface area contributed by atoms with Gasteiger partial charge in [0.15, 0.2) is 11.6 Å². The molecule has 6 nitrogen and oxygen atoms in total. The molecule has 0 aliphatic carbocycles. The second-order valence-corrected chi connectivity index (χ2v) is 6.14. The van der Waals surface area contributed by atoms with Gasteiger partial charge in [0, 0.05) is 16.1 Å². The van der Waals surface area contributed by atoms with Crippen LogP contribution in [0.15, 0.2) is 58.2 Å². The van der Waals surface area contributed by atoms with Crippen LogP contribution < -0.4 is 5.73 Å². The van der Waals surface area contributed by atoms with Gasteiger partial charge in [-0.15, -0.1) is 0 Å². The highest BCUT2D eigenvalue weighted by atomic mass is 35.5. The molecule has 0 bridgehead atoms. The molecular formula is C19H16ClN3O3. The molecule has 0 aliphatic heterocycles. The molecule has 2 N–H and O–H groups in total. The van der Waals surface area contributed by atoms with Crippen LogP contribution in [0, 0.1) is 13.8 Å². The fourth-order valence-electron chi connectivity index (χ4n) is 2.32. The molecule has 0 atom stereocenters. The zero-order chi connectivity index (χ0) is 18.7. The van der Waals surface area contributed by atoms with Crippen LogP contribution in [0.1, 0.15) is 27.2 Å². The molecular weight excluding hydrogens is 354 g/mol. The molecule has 3 aromatic rings. The number of carbonyl (C=O) groups is 1. The number of carbonyl (C=O) groups excluding carboxylic acids is 1. The van der Waals surface area contributed by atoms with Gasteiger partial charge in [-0.2, -0.15) is 0 Å². The van der Waals surface area contributed by atoms with E-state index in [4.69, 9.17) is 26.7 Å². The number of rotatable bonds is 4. The molecule has 1 heterocycles. The molecule has 1 aromatic heterocycles. The van der Waals surface area contributed by atoms with Gasteiger partial charge in [0.05, 0.1) is 5.69 Å². The third kappa shape index (κ3) is 3.75. The van der Waals surface area contributed by atoms with E-state index < -0.39 is 5.97 Å². The Bertz CT molecular complexity index is 961. The average Bonchev–Trinajstić information content (AvgIpc) is 3.02. The molecule has 0 radical (unpaired) electrons. The maximum Gasteiger partial charge on any atom is 0.371 e. The predicted molar refractivity (Wildman–Crippen MR) is 99.0 cm³/mol. The van der Waals surface area contributed by atoms with Gasteiger partial charge in [-0.25, -0.2) is 4.79 Å². The van der Waals surface area contributed by atoms with E-state index in [0.717, 1.165) is 5.56 Å². The van der Waals surface area contributed by atoms with Crippen molar-refractivity contribution in [2.24, 2.45) is 10.9 Å². The van der Waals surface area contributed by atoms with Crippen LogP contribution in [0.5, 0.6) is 0 Å². The van der Waals surface area contributed by atoms with E-state index in [0.29, 0.717) is 21.8 Å². The van der Waals surface area contributed by atoms with E-state index in [1.165, 1.54) is 0 Å². The maximum absolute atomic E-state index is 12.5. The van der Waals surface area contributed by atoms with Gasteiger partial charge in [-0.1, -0.05) is 51.7 Å². The van der Waals surface area contributed by atoms with Gasteiger partial charge >= 0.3 is 5.97 Å². The van der Waals surface area contributed by atoms with E-state index in [9.17, 15) is 4.79 Å². The summed E-state index contributed by atoms with van der Waals surface area (Å²) in [6, 6.07) is 14.2. The molecule has 3 rings (SSSR count). The van der Waals surface area contributed by atoms with Crippen molar-refractivity contribution in [3.8, 4) is 11.3 Å². The number of hydrogen-bond donors (Lipinski definition) is 1. The predicted octanol–water partition coefficient (Wildman–Crippen LogP) is 4.09. The number of nitrogens with zero attached hydrogens (tertiary/aromatic N) is 2. The van der Waals surface area contributed by atoms with Gasteiger partial charge in [0.2, 0.25) is 0 Å². The Morgan fingerprint density at radius 2 is 1.77 bits per heavy atom. The highest BCUT2D eigenvalue weighted by molar-refractivity contribution is 6.30. The van der Waals surface area contributed by atoms with E-state index in [1.54, 1.807) is 43.3 Å². The lowest BCUT2D eigenvalue weighted by Gasteiger charge is -2.03.